The minimum atomic E-state index is -0.715. The summed E-state index contributed by atoms with van der Waals surface area (Å²) in [4.78, 5) is 13.4. The number of benzene rings is 1. The fourth-order valence-electron chi connectivity index (χ4n) is 3.58. The van der Waals surface area contributed by atoms with E-state index in [1.807, 2.05) is 37.0 Å². The molecule has 0 radical (unpaired) electrons. The highest BCUT2D eigenvalue weighted by atomic mass is 79.9. The first-order chi connectivity index (χ1) is 14.8. The van der Waals surface area contributed by atoms with Gasteiger partial charge in [0, 0.05) is 43.0 Å². The van der Waals surface area contributed by atoms with E-state index in [1.54, 1.807) is 24.7 Å². The smallest absolute Gasteiger partial charge is 0.156 e. The molecule has 7 nitrogen and oxygen atoms in total. The highest BCUT2D eigenvalue weighted by Crippen LogP contribution is 2.26. The van der Waals surface area contributed by atoms with E-state index in [0.29, 0.717) is 0 Å². The van der Waals surface area contributed by atoms with Crippen LogP contribution in [0, 0.1) is 5.82 Å². The van der Waals surface area contributed by atoms with Gasteiger partial charge in [-0.2, -0.15) is 5.10 Å². The molecule has 0 saturated carbocycles. The third-order valence-corrected chi connectivity index (χ3v) is 6.16. The van der Waals surface area contributed by atoms with Gasteiger partial charge in [0.25, 0.3) is 0 Å². The standard InChI is InChI=1S/C22H25BrFN7/c1-16(22(2,25)17-3-5-19(24)6-4-17)12-26-15-29-7-9-30(10-8-29)21-20-11-18(23)13-31(20)28-14-27-21/h3-6,11-15H,7-10,25H2,1-2H3/b16-12+,26-15+/t22-/m1/s1. The minimum Gasteiger partial charge on any atom is -0.359 e. The molecule has 4 rings (SSSR count). The van der Waals surface area contributed by atoms with Gasteiger partial charge >= 0.3 is 0 Å². The third kappa shape index (κ3) is 4.62. The maximum absolute atomic E-state index is 13.2. The molecule has 0 amide bonds. The summed E-state index contributed by atoms with van der Waals surface area (Å²) in [5, 5.41) is 4.26. The van der Waals surface area contributed by atoms with Gasteiger partial charge in [0.05, 0.1) is 11.9 Å². The number of rotatable bonds is 5. The molecule has 1 aliphatic rings. The molecule has 0 aliphatic carbocycles. The molecule has 3 aromatic rings. The van der Waals surface area contributed by atoms with Crippen LogP contribution in [0.25, 0.3) is 5.52 Å². The fraction of sp³-hybridized carbons (Fsp3) is 0.318. The Morgan fingerprint density at radius 3 is 2.65 bits per heavy atom. The summed E-state index contributed by atoms with van der Waals surface area (Å²) in [6.45, 7) is 7.21. The Balaban J connectivity index is 1.38. The van der Waals surface area contributed by atoms with Crippen LogP contribution in [0.5, 0.6) is 0 Å². The van der Waals surface area contributed by atoms with Crippen LogP contribution in [0.15, 0.2) is 64.1 Å². The molecule has 1 fully saturated rings. The first kappa shape index (κ1) is 21.5. The van der Waals surface area contributed by atoms with Crippen LogP contribution in [0.2, 0.25) is 0 Å². The minimum absolute atomic E-state index is 0.273. The summed E-state index contributed by atoms with van der Waals surface area (Å²) in [5.74, 6) is 0.664. The number of nitrogens with two attached hydrogens (primary N) is 1. The highest BCUT2D eigenvalue weighted by Gasteiger charge is 2.23. The molecule has 31 heavy (non-hydrogen) atoms. The van der Waals surface area contributed by atoms with Gasteiger partial charge in [0.15, 0.2) is 5.82 Å². The molecular formula is C22H25BrFN7. The second-order valence-corrected chi connectivity index (χ2v) is 8.80. The highest BCUT2D eigenvalue weighted by molar-refractivity contribution is 9.10. The van der Waals surface area contributed by atoms with Crippen molar-refractivity contribution in [3.8, 4) is 0 Å². The van der Waals surface area contributed by atoms with Crippen LogP contribution in [-0.2, 0) is 5.54 Å². The predicted molar refractivity (Wildman–Crippen MR) is 125 cm³/mol. The third-order valence-electron chi connectivity index (χ3n) is 5.73. The van der Waals surface area contributed by atoms with E-state index in [9.17, 15) is 4.39 Å². The Labute approximate surface area is 189 Å². The molecular weight excluding hydrogens is 461 g/mol. The quantitative estimate of drug-likeness (QED) is 0.441. The van der Waals surface area contributed by atoms with Crippen molar-refractivity contribution < 1.29 is 4.39 Å². The van der Waals surface area contributed by atoms with Crippen LogP contribution in [0.3, 0.4) is 0 Å². The number of hydrogen-bond donors (Lipinski definition) is 1. The topological polar surface area (TPSA) is 75.0 Å². The van der Waals surface area contributed by atoms with Crippen molar-refractivity contribution in [1.82, 2.24) is 19.5 Å². The van der Waals surface area contributed by atoms with Gasteiger partial charge in [0.1, 0.15) is 17.7 Å². The average Bonchev–Trinajstić information content (AvgIpc) is 3.14. The molecule has 1 atom stereocenters. The van der Waals surface area contributed by atoms with Gasteiger partial charge in [-0.15, -0.1) is 0 Å². The van der Waals surface area contributed by atoms with E-state index in [4.69, 9.17) is 5.73 Å². The van der Waals surface area contributed by atoms with Gasteiger partial charge < -0.3 is 15.5 Å². The normalized spacial score (nSPS) is 17.5. The Morgan fingerprint density at radius 2 is 1.94 bits per heavy atom. The van der Waals surface area contributed by atoms with Crippen molar-refractivity contribution >= 4 is 33.6 Å². The van der Waals surface area contributed by atoms with E-state index in [1.165, 1.54) is 12.1 Å². The summed E-state index contributed by atoms with van der Waals surface area (Å²) in [6, 6.07) is 8.30. The summed E-state index contributed by atoms with van der Waals surface area (Å²) in [6.07, 6.45) is 7.14. The van der Waals surface area contributed by atoms with E-state index < -0.39 is 5.54 Å². The number of fused-ring (bicyclic) bond motifs is 1. The number of piperazine rings is 1. The Bertz CT molecular complexity index is 1110. The largest absolute Gasteiger partial charge is 0.359 e. The lowest BCUT2D eigenvalue weighted by Crippen LogP contribution is -2.46. The van der Waals surface area contributed by atoms with Gasteiger partial charge in [-0.25, -0.2) is 18.9 Å². The maximum atomic E-state index is 13.2. The molecule has 1 saturated heterocycles. The van der Waals surface area contributed by atoms with Crippen LogP contribution >= 0.6 is 15.9 Å². The maximum Gasteiger partial charge on any atom is 0.156 e. The average molecular weight is 486 g/mol. The molecule has 0 unspecified atom stereocenters. The Morgan fingerprint density at radius 1 is 1.23 bits per heavy atom. The molecule has 162 valence electrons. The monoisotopic (exact) mass is 485 g/mol. The van der Waals surface area contributed by atoms with Gasteiger partial charge in [-0.1, -0.05) is 12.1 Å². The number of aliphatic imine (C=N–C) groups is 1. The van der Waals surface area contributed by atoms with E-state index >= 15 is 0 Å². The number of aromatic nitrogens is 3. The summed E-state index contributed by atoms with van der Waals surface area (Å²) >= 11 is 3.50. The lowest BCUT2D eigenvalue weighted by atomic mass is 9.87. The zero-order chi connectivity index (χ0) is 22.0. The zero-order valence-corrected chi connectivity index (χ0v) is 19.1. The predicted octanol–water partition coefficient (Wildman–Crippen LogP) is 3.56. The second kappa shape index (κ2) is 8.76. The number of hydrogen-bond acceptors (Lipinski definition) is 5. The first-order valence-corrected chi connectivity index (χ1v) is 10.9. The van der Waals surface area contributed by atoms with Crippen molar-refractivity contribution in [3.63, 3.8) is 0 Å². The number of anilines is 1. The van der Waals surface area contributed by atoms with Gasteiger partial charge in [-0.05, 0) is 59.1 Å². The number of nitrogens with zero attached hydrogens (tertiary/aromatic N) is 6. The van der Waals surface area contributed by atoms with Crippen molar-refractivity contribution in [3.05, 3.63) is 70.5 Å². The summed E-state index contributed by atoms with van der Waals surface area (Å²) in [7, 11) is 0. The summed E-state index contributed by atoms with van der Waals surface area (Å²) < 4.78 is 16.0. The van der Waals surface area contributed by atoms with Crippen molar-refractivity contribution in [2.24, 2.45) is 10.7 Å². The Hall–Kier alpha value is -2.78. The first-order valence-electron chi connectivity index (χ1n) is 10.1. The zero-order valence-electron chi connectivity index (χ0n) is 17.5. The van der Waals surface area contributed by atoms with E-state index in [0.717, 1.165) is 53.1 Å². The molecule has 2 N–H and O–H groups in total. The Kier molecular flexibility index (Phi) is 6.06. The fourth-order valence-corrected chi connectivity index (χ4v) is 3.99. The van der Waals surface area contributed by atoms with Crippen LogP contribution in [-0.4, -0.2) is 52.0 Å². The molecule has 2 aromatic heterocycles. The van der Waals surface area contributed by atoms with Crippen molar-refractivity contribution in [1.29, 1.82) is 0 Å². The molecule has 3 heterocycles. The van der Waals surface area contributed by atoms with Crippen LogP contribution in [0.4, 0.5) is 10.2 Å². The molecule has 1 aliphatic heterocycles. The van der Waals surface area contributed by atoms with Gasteiger partial charge in [0.2, 0.25) is 0 Å². The second-order valence-electron chi connectivity index (χ2n) is 7.88. The molecule has 1 aromatic carbocycles. The van der Waals surface area contributed by atoms with E-state index in [-0.39, 0.29) is 5.82 Å². The van der Waals surface area contributed by atoms with E-state index in [2.05, 4.69) is 40.8 Å². The van der Waals surface area contributed by atoms with Crippen molar-refractivity contribution in [2.45, 2.75) is 19.4 Å². The SMILES string of the molecule is C/C(=C\N=C\N1CCN(c2ncnn3cc(Br)cc23)CC1)[C@@](C)(N)c1ccc(F)cc1. The molecule has 0 bridgehead atoms. The lowest BCUT2D eigenvalue weighted by molar-refractivity contribution is 0.394. The van der Waals surface area contributed by atoms with Crippen LogP contribution in [0.1, 0.15) is 19.4 Å². The molecule has 0 spiro atoms. The van der Waals surface area contributed by atoms with Crippen molar-refractivity contribution in [2.75, 3.05) is 31.1 Å². The number of halogens is 2. The van der Waals surface area contributed by atoms with Crippen LogP contribution < -0.4 is 10.6 Å². The summed E-state index contributed by atoms with van der Waals surface area (Å²) in [5.41, 5.74) is 8.49. The lowest BCUT2D eigenvalue weighted by Gasteiger charge is -2.34. The van der Waals surface area contributed by atoms with Gasteiger partial charge in [-0.3, -0.25) is 0 Å². The molecule has 9 heteroatoms.